The van der Waals surface area contributed by atoms with E-state index in [1.54, 1.807) is 0 Å². The molecule has 1 aromatic rings. The molecule has 21 heavy (non-hydrogen) atoms. The highest BCUT2D eigenvalue weighted by molar-refractivity contribution is 5.70. The standard InChI is InChI=1S/C17H24N2O2/c20-17(21)15-7-4-9-19(12-15)16-8-10-18(13-16)11-14-5-2-1-3-6-14/h1-3,5-6,15-16H,4,7-13H2,(H,20,21)/t15-,16?/m1/s1. The van der Waals surface area contributed by atoms with E-state index in [4.69, 9.17) is 0 Å². The van der Waals surface area contributed by atoms with E-state index in [0.29, 0.717) is 6.04 Å². The summed E-state index contributed by atoms with van der Waals surface area (Å²) in [5.74, 6) is -0.791. The second-order valence-electron chi connectivity index (χ2n) is 6.34. The molecule has 2 saturated heterocycles. The highest BCUT2D eigenvalue weighted by Gasteiger charge is 2.33. The van der Waals surface area contributed by atoms with Crippen LogP contribution in [-0.4, -0.2) is 53.1 Å². The Morgan fingerprint density at radius 3 is 2.71 bits per heavy atom. The number of nitrogens with zero attached hydrogens (tertiary/aromatic N) is 2. The third kappa shape index (κ3) is 3.63. The summed E-state index contributed by atoms with van der Waals surface area (Å²) < 4.78 is 0. The number of piperidine rings is 1. The lowest BCUT2D eigenvalue weighted by atomic mass is 9.96. The number of carbonyl (C=O) groups is 1. The maximum Gasteiger partial charge on any atom is 0.307 e. The van der Waals surface area contributed by atoms with Crippen LogP contribution in [0.15, 0.2) is 30.3 Å². The van der Waals surface area contributed by atoms with Gasteiger partial charge in [-0.3, -0.25) is 14.6 Å². The van der Waals surface area contributed by atoms with Gasteiger partial charge in [0.25, 0.3) is 0 Å². The molecule has 1 unspecified atom stereocenters. The summed E-state index contributed by atoms with van der Waals surface area (Å²) in [4.78, 5) is 16.1. The molecule has 2 aliphatic heterocycles. The van der Waals surface area contributed by atoms with Crippen LogP contribution in [0.4, 0.5) is 0 Å². The monoisotopic (exact) mass is 288 g/mol. The highest BCUT2D eigenvalue weighted by Crippen LogP contribution is 2.24. The van der Waals surface area contributed by atoms with Crippen LogP contribution in [0.3, 0.4) is 0 Å². The number of likely N-dealkylation sites (tertiary alicyclic amines) is 2. The molecule has 0 amide bonds. The normalized spacial score (nSPS) is 27.8. The van der Waals surface area contributed by atoms with E-state index >= 15 is 0 Å². The average molecular weight is 288 g/mol. The van der Waals surface area contributed by atoms with Crippen LogP contribution in [0.2, 0.25) is 0 Å². The molecule has 0 radical (unpaired) electrons. The number of rotatable bonds is 4. The average Bonchev–Trinajstić information content (AvgIpc) is 2.97. The Morgan fingerprint density at radius 1 is 1.14 bits per heavy atom. The fourth-order valence-corrected chi connectivity index (χ4v) is 3.64. The van der Waals surface area contributed by atoms with Gasteiger partial charge in [-0.1, -0.05) is 30.3 Å². The first-order chi connectivity index (χ1) is 10.2. The van der Waals surface area contributed by atoms with Crippen molar-refractivity contribution in [1.82, 2.24) is 9.80 Å². The smallest absolute Gasteiger partial charge is 0.307 e. The van der Waals surface area contributed by atoms with Crippen molar-refractivity contribution in [3.63, 3.8) is 0 Å². The molecule has 4 heteroatoms. The number of hydrogen-bond acceptors (Lipinski definition) is 3. The molecule has 2 atom stereocenters. The molecular weight excluding hydrogens is 264 g/mol. The van der Waals surface area contributed by atoms with Gasteiger partial charge in [-0.2, -0.15) is 0 Å². The Labute approximate surface area is 126 Å². The first-order valence-electron chi connectivity index (χ1n) is 7.95. The maximum absolute atomic E-state index is 11.2. The van der Waals surface area contributed by atoms with Gasteiger partial charge < -0.3 is 5.11 Å². The lowest BCUT2D eigenvalue weighted by Crippen LogP contribution is -2.45. The van der Waals surface area contributed by atoms with Crippen LogP contribution in [0.25, 0.3) is 0 Å². The second kappa shape index (κ2) is 6.58. The van der Waals surface area contributed by atoms with E-state index in [-0.39, 0.29) is 5.92 Å². The first kappa shape index (κ1) is 14.5. The maximum atomic E-state index is 11.2. The number of aliphatic carboxylic acids is 1. The number of carboxylic acids is 1. The summed E-state index contributed by atoms with van der Waals surface area (Å²) in [6.45, 7) is 5.00. The largest absolute Gasteiger partial charge is 0.481 e. The Hall–Kier alpha value is -1.39. The molecule has 1 aromatic carbocycles. The molecule has 0 aromatic heterocycles. The van der Waals surface area contributed by atoms with Gasteiger partial charge in [0.15, 0.2) is 0 Å². The topological polar surface area (TPSA) is 43.8 Å². The Bertz CT molecular complexity index is 477. The van der Waals surface area contributed by atoms with Gasteiger partial charge in [0.1, 0.15) is 0 Å². The van der Waals surface area contributed by atoms with Crippen molar-refractivity contribution in [3.05, 3.63) is 35.9 Å². The molecule has 4 nitrogen and oxygen atoms in total. The Morgan fingerprint density at radius 2 is 1.95 bits per heavy atom. The van der Waals surface area contributed by atoms with Crippen molar-refractivity contribution in [3.8, 4) is 0 Å². The van der Waals surface area contributed by atoms with Gasteiger partial charge in [0.2, 0.25) is 0 Å². The van der Waals surface area contributed by atoms with E-state index < -0.39 is 5.97 Å². The second-order valence-corrected chi connectivity index (χ2v) is 6.34. The van der Waals surface area contributed by atoms with Gasteiger partial charge in [-0.05, 0) is 31.4 Å². The van der Waals surface area contributed by atoms with E-state index in [9.17, 15) is 9.90 Å². The number of carboxylic acid groups (broad SMARTS) is 1. The van der Waals surface area contributed by atoms with Crippen molar-refractivity contribution in [2.75, 3.05) is 26.2 Å². The summed E-state index contributed by atoms with van der Waals surface area (Å²) in [5.41, 5.74) is 1.36. The number of benzene rings is 1. The molecule has 2 heterocycles. The lowest BCUT2D eigenvalue weighted by Gasteiger charge is -2.35. The van der Waals surface area contributed by atoms with E-state index in [1.165, 1.54) is 12.0 Å². The predicted octanol–water partition coefficient (Wildman–Crippen LogP) is 2.06. The SMILES string of the molecule is O=C(O)[C@@H]1CCCN(C2CCN(Cc3ccccc3)C2)C1. The van der Waals surface area contributed by atoms with Crippen LogP contribution in [-0.2, 0) is 11.3 Å². The molecule has 2 aliphatic rings. The predicted molar refractivity (Wildman–Crippen MR) is 82.1 cm³/mol. The summed E-state index contributed by atoms with van der Waals surface area (Å²) in [6.07, 6.45) is 3.03. The minimum atomic E-state index is -0.626. The van der Waals surface area contributed by atoms with Gasteiger partial charge in [-0.15, -0.1) is 0 Å². The van der Waals surface area contributed by atoms with Crippen LogP contribution in [0.1, 0.15) is 24.8 Å². The quantitative estimate of drug-likeness (QED) is 0.921. The molecule has 0 bridgehead atoms. The molecule has 0 saturated carbocycles. The molecular formula is C17H24N2O2. The fourth-order valence-electron chi connectivity index (χ4n) is 3.64. The van der Waals surface area contributed by atoms with Crippen LogP contribution in [0.5, 0.6) is 0 Å². The van der Waals surface area contributed by atoms with Gasteiger partial charge >= 0.3 is 5.97 Å². The van der Waals surface area contributed by atoms with E-state index in [0.717, 1.165) is 45.6 Å². The summed E-state index contributed by atoms with van der Waals surface area (Å²) in [7, 11) is 0. The molecule has 0 spiro atoms. The Balaban J connectivity index is 1.53. The lowest BCUT2D eigenvalue weighted by molar-refractivity contribution is -0.143. The third-order valence-corrected chi connectivity index (χ3v) is 4.81. The fraction of sp³-hybridized carbons (Fsp3) is 0.588. The first-order valence-corrected chi connectivity index (χ1v) is 7.95. The highest BCUT2D eigenvalue weighted by atomic mass is 16.4. The van der Waals surface area contributed by atoms with Crippen LogP contribution < -0.4 is 0 Å². The summed E-state index contributed by atoms with van der Waals surface area (Å²) >= 11 is 0. The number of hydrogen-bond donors (Lipinski definition) is 1. The minimum Gasteiger partial charge on any atom is -0.481 e. The molecule has 2 fully saturated rings. The molecule has 3 rings (SSSR count). The van der Waals surface area contributed by atoms with Crippen molar-refractivity contribution >= 4 is 5.97 Å². The van der Waals surface area contributed by atoms with E-state index in [2.05, 4.69) is 40.1 Å². The zero-order valence-electron chi connectivity index (χ0n) is 12.4. The summed E-state index contributed by atoms with van der Waals surface area (Å²) in [5, 5.41) is 9.21. The van der Waals surface area contributed by atoms with Gasteiger partial charge in [-0.25, -0.2) is 0 Å². The zero-order chi connectivity index (χ0) is 14.7. The third-order valence-electron chi connectivity index (χ3n) is 4.81. The van der Waals surface area contributed by atoms with Crippen molar-refractivity contribution < 1.29 is 9.90 Å². The van der Waals surface area contributed by atoms with Crippen molar-refractivity contribution in [1.29, 1.82) is 0 Å². The summed E-state index contributed by atoms with van der Waals surface area (Å²) in [6, 6.07) is 11.1. The zero-order valence-corrected chi connectivity index (χ0v) is 12.4. The van der Waals surface area contributed by atoms with Gasteiger partial charge in [0, 0.05) is 32.2 Å². The molecule has 0 aliphatic carbocycles. The minimum absolute atomic E-state index is 0.165. The Kier molecular flexibility index (Phi) is 4.56. The van der Waals surface area contributed by atoms with Crippen LogP contribution >= 0.6 is 0 Å². The molecule has 114 valence electrons. The van der Waals surface area contributed by atoms with Crippen LogP contribution in [0, 0.1) is 5.92 Å². The molecule has 1 N–H and O–H groups in total. The van der Waals surface area contributed by atoms with E-state index in [1.807, 2.05) is 0 Å². The van der Waals surface area contributed by atoms with Crippen molar-refractivity contribution in [2.45, 2.75) is 31.8 Å². The van der Waals surface area contributed by atoms with Gasteiger partial charge in [0.05, 0.1) is 5.92 Å². The van der Waals surface area contributed by atoms with Crippen molar-refractivity contribution in [2.24, 2.45) is 5.92 Å².